The summed E-state index contributed by atoms with van der Waals surface area (Å²) in [5, 5.41) is 5.73. The van der Waals surface area contributed by atoms with E-state index < -0.39 is 17.8 Å². The third-order valence-electron chi connectivity index (χ3n) is 5.17. The summed E-state index contributed by atoms with van der Waals surface area (Å²) in [5.74, 6) is -0.851. The van der Waals surface area contributed by atoms with Crippen molar-refractivity contribution in [3.05, 3.63) is 83.4 Å². The number of carbonyl (C=O) groups is 4. The van der Waals surface area contributed by atoms with Crippen molar-refractivity contribution >= 4 is 61.7 Å². The third kappa shape index (κ3) is 3.74. The highest BCUT2D eigenvalue weighted by Crippen LogP contribution is 2.35. The smallest absolute Gasteiger partial charge is 0.308 e. The molecule has 1 aliphatic rings. The molecule has 0 atom stereocenters. The number of fused-ring (bicyclic) bond motifs is 2. The van der Waals surface area contributed by atoms with E-state index >= 15 is 0 Å². The number of thiazole rings is 1. The fraction of sp³-hybridized carbons (Fsp3) is 0.0417. The topological polar surface area (TPSA) is 108 Å². The molecule has 1 aromatic heterocycles. The number of nitrogens with zero attached hydrogens (tertiary/aromatic N) is 2. The van der Waals surface area contributed by atoms with Gasteiger partial charge in [-0.1, -0.05) is 23.5 Å². The number of amides is 4. The summed E-state index contributed by atoms with van der Waals surface area (Å²) >= 11 is 1.19. The predicted octanol–water partition coefficient (Wildman–Crippen LogP) is 4.94. The second kappa shape index (κ2) is 7.95. The number of hydrogen-bond acceptors (Lipinski definition) is 6. The lowest BCUT2D eigenvalue weighted by atomic mass is 10.1. The van der Waals surface area contributed by atoms with Gasteiger partial charge in [0.05, 0.1) is 21.3 Å². The monoisotopic (exact) mass is 456 g/mol. The first kappa shape index (κ1) is 20.5. The third-order valence-corrected chi connectivity index (χ3v) is 6.17. The van der Waals surface area contributed by atoms with Gasteiger partial charge in [-0.25, -0.2) is 14.7 Å². The zero-order valence-electron chi connectivity index (χ0n) is 17.3. The Morgan fingerprint density at radius 1 is 0.848 bits per heavy atom. The van der Waals surface area contributed by atoms with Crippen molar-refractivity contribution in [2.75, 3.05) is 15.5 Å². The van der Waals surface area contributed by atoms with Crippen LogP contribution in [0.5, 0.6) is 0 Å². The average molecular weight is 456 g/mol. The maximum atomic E-state index is 12.7. The van der Waals surface area contributed by atoms with Gasteiger partial charge >= 0.3 is 6.03 Å². The summed E-state index contributed by atoms with van der Waals surface area (Å²) < 4.78 is 0.713. The predicted molar refractivity (Wildman–Crippen MR) is 126 cm³/mol. The van der Waals surface area contributed by atoms with Gasteiger partial charge in [-0.3, -0.25) is 14.4 Å². The molecule has 9 heteroatoms. The molecule has 0 fully saturated rings. The fourth-order valence-corrected chi connectivity index (χ4v) is 4.53. The van der Waals surface area contributed by atoms with Crippen molar-refractivity contribution < 1.29 is 19.2 Å². The number of Topliss-reactive ketones (excluding diaryl/α,β-unsaturated/α-hetero) is 1. The molecule has 1 aliphatic heterocycles. The molecule has 162 valence electrons. The van der Waals surface area contributed by atoms with Crippen LogP contribution in [0.4, 0.5) is 21.3 Å². The molecule has 0 saturated carbocycles. The van der Waals surface area contributed by atoms with E-state index in [0.29, 0.717) is 38.3 Å². The zero-order chi connectivity index (χ0) is 23.1. The minimum absolute atomic E-state index is 0.0514. The van der Waals surface area contributed by atoms with Crippen molar-refractivity contribution in [2.24, 2.45) is 0 Å². The van der Waals surface area contributed by atoms with Gasteiger partial charge < -0.3 is 10.6 Å². The first-order valence-corrected chi connectivity index (χ1v) is 10.8. The Kier molecular flexibility index (Phi) is 4.95. The van der Waals surface area contributed by atoms with Crippen LogP contribution in [0.1, 0.15) is 38.0 Å². The van der Waals surface area contributed by atoms with Crippen molar-refractivity contribution in [3.8, 4) is 0 Å². The van der Waals surface area contributed by atoms with Gasteiger partial charge in [0, 0.05) is 16.9 Å². The van der Waals surface area contributed by atoms with Gasteiger partial charge in [-0.05, 0) is 61.5 Å². The average Bonchev–Trinajstić information content (AvgIpc) is 3.32. The van der Waals surface area contributed by atoms with Crippen LogP contribution in [0.15, 0.2) is 66.7 Å². The maximum absolute atomic E-state index is 12.7. The van der Waals surface area contributed by atoms with Crippen LogP contribution < -0.4 is 15.5 Å². The Hall–Kier alpha value is -4.37. The van der Waals surface area contributed by atoms with Crippen molar-refractivity contribution in [1.82, 2.24) is 4.98 Å². The molecular formula is C24H16N4O4S. The molecule has 33 heavy (non-hydrogen) atoms. The van der Waals surface area contributed by atoms with Crippen LogP contribution in [0.3, 0.4) is 0 Å². The number of anilines is 3. The number of nitrogens with one attached hydrogen (secondary N) is 2. The van der Waals surface area contributed by atoms with E-state index in [-0.39, 0.29) is 10.9 Å². The first-order chi connectivity index (χ1) is 15.9. The molecule has 0 spiro atoms. The summed E-state index contributed by atoms with van der Waals surface area (Å²) in [6, 6.07) is 17.9. The van der Waals surface area contributed by atoms with Crippen LogP contribution >= 0.6 is 11.3 Å². The van der Waals surface area contributed by atoms with Crippen LogP contribution in [0.2, 0.25) is 0 Å². The lowest BCUT2D eigenvalue weighted by Crippen LogP contribution is -2.29. The minimum atomic E-state index is -0.449. The maximum Gasteiger partial charge on any atom is 0.323 e. The standard InChI is InChI=1S/C24H16N4O4S/c1-13(29)14-6-8-15(9-7-14)25-23(32)26-16-10-11-19-20(12-16)33-24(27-19)28-21(30)17-4-2-3-5-18(17)22(28)31/h2-12H,1H3,(H2,25,26,32). The van der Waals surface area contributed by atoms with Gasteiger partial charge in [-0.2, -0.15) is 0 Å². The quantitative estimate of drug-likeness (QED) is 0.334. The Morgan fingerprint density at radius 3 is 2.09 bits per heavy atom. The lowest BCUT2D eigenvalue weighted by Gasteiger charge is -2.08. The van der Waals surface area contributed by atoms with Crippen LogP contribution in [-0.4, -0.2) is 28.6 Å². The molecule has 0 bridgehead atoms. The number of benzene rings is 3. The van der Waals surface area contributed by atoms with Gasteiger partial charge in [0.25, 0.3) is 11.8 Å². The molecule has 0 unspecified atom stereocenters. The van der Waals surface area contributed by atoms with E-state index in [9.17, 15) is 19.2 Å². The molecular weight excluding hydrogens is 440 g/mol. The number of hydrogen-bond donors (Lipinski definition) is 2. The number of urea groups is 1. The summed E-state index contributed by atoms with van der Waals surface area (Å²) in [7, 11) is 0. The molecule has 4 aromatic rings. The minimum Gasteiger partial charge on any atom is -0.308 e. The van der Waals surface area contributed by atoms with Crippen molar-refractivity contribution in [1.29, 1.82) is 0 Å². The number of carbonyl (C=O) groups excluding carboxylic acids is 4. The van der Waals surface area contributed by atoms with Gasteiger partial charge in [0.1, 0.15) is 0 Å². The SMILES string of the molecule is CC(=O)c1ccc(NC(=O)Nc2ccc3nc(N4C(=O)c5ccccc5C4=O)sc3c2)cc1. The molecule has 0 saturated heterocycles. The second-order valence-corrected chi connectivity index (χ2v) is 8.39. The highest BCUT2D eigenvalue weighted by atomic mass is 32.1. The molecule has 2 N–H and O–H groups in total. The van der Waals surface area contributed by atoms with Crippen LogP contribution in [0, 0.1) is 0 Å². The molecule has 5 rings (SSSR count). The van der Waals surface area contributed by atoms with E-state index in [1.807, 2.05) is 0 Å². The van der Waals surface area contributed by atoms with Crippen LogP contribution in [-0.2, 0) is 0 Å². The van der Waals surface area contributed by atoms with E-state index in [2.05, 4.69) is 15.6 Å². The molecule has 2 heterocycles. The molecule has 0 radical (unpaired) electrons. The van der Waals surface area contributed by atoms with Gasteiger partial charge in [-0.15, -0.1) is 0 Å². The highest BCUT2D eigenvalue weighted by Gasteiger charge is 2.38. The Bertz CT molecular complexity index is 1420. The molecule has 8 nitrogen and oxygen atoms in total. The van der Waals surface area contributed by atoms with E-state index in [1.54, 1.807) is 66.7 Å². The summed E-state index contributed by atoms with van der Waals surface area (Å²) in [6.45, 7) is 1.48. The number of ketones is 1. The van der Waals surface area contributed by atoms with Crippen molar-refractivity contribution in [3.63, 3.8) is 0 Å². The van der Waals surface area contributed by atoms with Gasteiger partial charge in [0.2, 0.25) is 5.13 Å². The summed E-state index contributed by atoms with van der Waals surface area (Å²) in [4.78, 5) is 54.7. The highest BCUT2D eigenvalue weighted by molar-refractivity contribution is 7.22. The Morgan fingerprint density at radius 2 is 1.45 bits per heavy atom. The van der Waals surface area contributed by atoms with E-state index in [0.717, 1.165) is 4.90 Å². The van der Waals surface area contributed by atoms with Crippen LogP contribution in [0.25, 0.3) is 10.2 Å². The number of aromatic nitrogens is 1. The fourth-order valence-electron chi connectivity index (χ4n) is 3.53. The zero-order valence-corrected chi connectivity index (χ0v) is 18.1. The number of imide groups is 1. The molecule has 0 aliphatic carbocycles. The normalized spacial score (nSPS) is 12.7. The summed E-state index contributed by atoms with van der Waals surface area (Å²) in [6.07, 6.45) is 0. The molecule has 4 amide bonds. The molecule has 3 aromatic carbocycles. The second-order valence-electron chi connectivity index (χ2n) is 7.38. The van der Waals surface area contributed by atoms with E-state index in [1.165, 1.54) is 18.3 Å². The lowest BCUT2D eigenvalue weighted by molar-refractivity contribution is 0.0924. The van der Waals surface area contributed by atoms with E-state index in [4.69, 9.17) is 0 Å². The van der Waals surface area contributed by atoms with Gasteiger partial charge in [0.15, 0.2) is 5.78 Å². The summed E-state index contributed by atoms with van der Waals surface area (Å²) in [5.41, 5.74) is 2.96. The Labute approximate surface area is 191 Å². The number of rotatable bonds is 4. The Balaban J connectivity index is 1.33. The first-order valence-electron chi connectivity index (χ1n) is 9.98. The van der Waals surface area contributed by atoms with Crippen molar-refractivity contribution in [2.45, 2.75) is 6.92 Å². The largest absolute Gasteiger partial charge is 0.323 e.